The molecule has 0 aromatic rings. The first-order valence-electron chi connectivity index (χ1n) is 8.05. The highest BCUT2D eigenvalue weighted by Crippen LogP contribution is 2.37. The van der Waals surface area contributed by atoms with E-state index in [1.54, 1.807) is 0 Å². The summed E-state index contributed by atoms with van der Waals surface area (Å²) in [6, 6.07) is 0.797. The second kappa shape index (κ2) is 6.38. The molecular weight excluding hydrogens is 222 g/mol. The van der Waals surface area contributed by atoms with E-state index in [1.807, 2.05) is 0 Å². The number of ether oxygens (including phenoxy) is 1. The highest BCUT2D eigenvalue weighted by Gasteiger charge is 2.37. The Hall–Kier alpha value is -0.0800. The van der Waals surface area contributed by atoms with Crippen LogP contribution in [0, 0.1) is 5.92 Å². The molecule has 2 nitrogen and oxygen atoms in total. The van der Waals surface area contributed by atoms with Gasteiger partial charge < -0.3 is 10.1 Å². The molecule has 2 aliphatic carbocycles. The first kappa shape index (κ1) is 14.3. The number of hydrogen-bond acceptors (Lipinski definition) is 2. The molecule has 0 amide bonds. The fourth-order valence-electron chi connectivity index (χ4n) is 3.35. The van der Waals surface area contributed by atoms with Gasteiger partial charge in [-0.3, -0.25) is 0 Å². The molecule has 0 radical (unpaired) electrons. The van der Waals surface area contributed by atoms with Crippen LogP contribution in [0.1, 0.15) is 72.1 Å². The van der Waals surface area contributed by atoms with Gasteiger partial charge in [0.05, 0.1) is 11.7 Å². The summed E-state index contributed by atoms with van der Waals surface area (Å²) in [6.07, 6.45) is 11.1. The molecule has 0 spiro atoms. The predicted octanol–water partition coefficient (Wildman–Crippen LogP) is 3.89. The average molecular weight is 253 g/mol. The molecule has 0 heterocycles. The quantitative estimate of drug-likeness (QED) is 0.743. The predicted molar refractivity (Wildman–Crippen MR) is 76.8 cm³/mol. The lowest BCUT2D eigenvalue weighted by atomic mass is 9.77. The largest absolute Gasteiger partial charge is 0.371 e. The van der Waals surface area contributed by atoms with Gasteiger partial charge in [-0.15, -0.1) is 0 Å². The van der Waals surface area contributed by atoms with E-state index in [9.17, 15) is 0 Å². The lowest BCUT2D eigenvalue weighted by Crippen LogP contribution is -2.47. The maximum absolute atomic E-state index is 6.32. The highest BCUT2D eigenvalue weighted by atomic mass is 16.5. The molecule has 0 unspecified atom stereocenters. The van der Waals surface area contributed by atoms with Gasteiger partial charge in [0.25, 0.3) is 0 Å². The normalized spacial score (nSPS) is 33.0. The summed E-state index contributed by atoms with van der Waals surface area (Å²) in [6.45, 7) is 7.74. The minimum Gasteiger partial charge on any atom is -0.371 e. The zero-order valence-electron chi connectivity index (χ0n) is 12.5. The van der Waals surface area contributed by atoms with Gasteiger partial charge in [-0.2, -0.15) is 0 Å². The van der Waals surface area contributed by atoms with Crippen molar-refractivity contribution in [1.82, 2.24) is 5.32 Å². The van der Waals surface area contributed by atoms with E-state index < -0.39 is 0 Å². The lowest BCUT2D eigenvalue weighted by molar-refractivity contribution is -0.106. The molecule has 2 aliphatic rings. The topological polar surface area (TPSA) is 21.3 Å². The second-order valence-corrected chi connectivity index (χ2v) is 6.74. The lowest BCUT2D eigenvalue weighted by Gasteiger charge is -2.41. The maximum Gasteiger partial charge on any atom is 0.0810 e. The van der Waals surface area contributed by atoms with Crippen molar-refractivity contribution in [2.45, 2.75) is 89.9 Å². The third-order valence-electron chi connectivity index (χ3n) is 4.49. The maximum atomic E-state index is 6.32. The number of rotatable bonds is 7. The van der Waals surface area contributed by atoms with Crippen LogP contribution in [0.15, 0.2) is 0 Å². The Labute approximate surface area is 113 Å². The van der Waals surface area contributed by atoms with E-state index in [0.717, 1.165) is 18.5 Å². The van der Waals surface area contributed by atoms with Crippen LogP contribution in [0.4, 0.5) is 0 Å². The molecule has 2 fully saturated rings. The Balaban J connectivity index is 1.84. The van der Waals surface area contributed by atoms with Crippen LogP contribution >= 0.6 is 0 Å². The SMILES string of the molecule is CCCC1CCC(CNC2CC2)(OC(C)C)CC1. The Bertz CT molecular complexity index is 239. The van der Waals surface area contributed by atoms with E-state index >= 15 is 0 Å². The second-order valence-electron chi connectivity index (χ2n) is 6.74. The van der Waals surface area contributed by atoms with Crippen molar-refractivity contribution in [3.8, 4) is 0 Å². The molecular formula is C16H31NO. The van der Waals surface area contributed by atoms with Crippen molar-refractivity contribution in [3.63, 3.8) is 0 Å². The standard InChI is InChI=1S/C16H31NO/c1-4-5-14-8-10-16(11-9-14,18-13(2)3)12-17-15-6-7-15/h13-15,17H,4-12H2,1-3H3. The molecule has 2 saturated carbocycles. The average Bonchev–Trinajstić information content (AvgIpc) is 3.13. The van der Waals surface area contributed by atoms with Crippen molar-refractivity contribution in [3.05, 3.63) is 0 Å². The monoisotopic (exact) mass is 253 g/mol. The van der Waals surface area contributed by atoms with Crippen LogP contribution < -0.4 is 5.32 Å². The summed E-state index contributed by atoms with van der Waals surface area (Å²) in [4.78, 5) is 0. The van der Waals surface area contributed by atoms with Crippen LogP contribution in [0.5, 0.6) is 0 Å². The van der Waals surface area contributed by atoms with Gasteiger partial charge >= 0.3 is 0 Å². The van der Waals surface area contributed by atoms with Gasteiger partial charge in [0, 0.05) is 12.6 Å². The molecule has 0 aliphatic heterocycles. The Morgan fingerprint density at radius 1 is 1.17 bits per heavy atom. The fourth-order valence-corrected chi connectivity index (χ4v) is 3.35. The van der Waals surface area contributed by atoms with Crippen molar-refractivity contribution in [2.24, 2.45) is 5.92 Å². The minimum absolute atomic E-state index is 0.140. The molecule has 106 valence electrons. The van der Waals surface area contributed by atoms with Gasteiger partial charge in [0.1, 0.15) is 0 Å². The third-order valence-corrected chi connectivity index (χ3v) is 4.49. The summed E-state index contributed by atoms with van der Waals surface area (Å²) in [5.74, 6) is 0.958. The van der Waals surface area contributed by atoms with Gasteiger partial charge in [0.2, 0.25) is 0 Å². The van der Waals surface area contributed by atoms with Crippen LogP contribution in [-0.2, 0) is 4.74 Å². The summed E-state index contributed by atoms with van der Waals surface area (Å²) in [5.41, 5.74) is 0.140. The Morgan fingerprint density at radius 2 is 1.83 bits per heavy atom. The van der Waals surface area contributed by atoms with Crippen LogP contribution in [0.3, 0.4) is 0 Å². The summed E-state index contributed by atoms with van der Waals surface area (Å²) < 4.78 is 6.32. The van der Waals surface area contributed by atoms with E-state index in [-0.39, 0.29) is 5.60 Å². The molecule has 0 atom stereocenters. The summed E-state index contributed by atoms with van der Waals surface area (Å²) >= 11 is 0. The molecule has 2 rings (SSSR count). The third kappa shape index (κ3) is 4.24. The van der Waals surface area contributed by atoms with Crippen molar-refractivity contribution >= 4 is 0 Å². The zero-order chi connectivity index (χ0) is 13.0. The fraction of sp³-hybridized carbons (Fsp3) is 1.00. The van der Waals surface area contributed by atoms with E-state index in [1.165, 1.54) is 51.4 Å². The highest BCUT2D eigenvalue weighted by molar-refractivity contribution is 4.93. The molecule has 0 bridgehead atoms. The Morgan fingerprint density at radius 3 is 2.33 bits per heavy atom. The van der Waals surface area contributed by atoms with Crippen LogP contribution in [0.25, 0.3) is 0 Å². The minimum atomic E-state index is 0.140. The van der Waals surface area contributed by atoms with Crippen molar-refractivity contribution in [1.29, 1.82) is 0 Å². The zero-order valence-corrected chi connectivity index (χ0v) is 12.5. The summed E-state index contributed by atoms with van der Waals surface area (Å²) in [7, 11) is 0. The molecule has 2 heteroatoms. The smallest absolute Gasteiger partial charge is 0.0810 e. The van der Waals surface area contributed by atoms with E-state index in [4.69, 9.17) is 4.74 Å². The van der Waals surface area contributed by atoms with Crippen LogP contribution in [0.2, 0.25) is 0 Å². The van der Waals surface area contributed by atoms with Gasteiger partial charge in [-0.05, 0) is 58.3 Å². The molecule has 0 saturated heterocycles. The number of nitrogens with one attached hydrogen (secondary N) is 1. The van der Waals surface area contributed by atoms with Crippen molar-refractivity contribution in [2.75, 3.05) is 6.54 Å². The summed E-state index contributed by atoms with van der Waals surface area (Å²) in [5, 5.41) is 3.69. The number of hydrogen-bond donors (Lipinski definition) is 1. The van der Waals surface area contributed by atoms with Gasteiger partial charge in [0.15, 0.2) is 0 Å². The van der Waals surface area contributed by atoms with Crippen molar-refractivity contribution < 1.29 is 4.74 Å². The molecule has 1 N–H and O–H groups in total. The van der Waals surface area contributed by atoms with Crippen LogP contribution in [-0.4, -0.2) is 24.3 Å². The molecule has 18 heavy (non-hydrogen) atoms. The van der Waals surface area contributed by atoms with E-state index in [0.29, 0.717) is 6.10 Å². The van der Waals surface area contributed by atoms with Gasteiger partial charge in [-0.1, -0.05) is 19.8 Å². The Kier molecular flexibility index (Phi) is 5.08. The molecule has 0 aromatic heterocycles. The first-order valence-corrected chi connectivity index (χ1v) is 8.05. The first-order chi connectivity index (χ1) is 8.63. The molecule has 0 aromatic carbocycles. The van der Waals surface area contributed by atoms with Gasteiger partial charge in [-0.25, -0.2) is 0 Å². The van der Waals surface area contributed by atoms with E-state index in [2.05, 4.69) is 26.1 Å².